The molecule has 1 rings (SSSR count). The largest absolute Gasteiger partial charge is 0.481 e. The predicted octanol–water partition coefficient (Wildman–Crippen LogP) is 1.33. The summed E-state index contributed by atoms with van der Waals surface area (Å²) in [5.41, 5.74) is 7.16. The Kier molecular flexibility index (Phi) is 3.73. The molecule has 0 bridgehead atoms. The van der Waals surface area contributed by atoms with Crippen LogP contribution in [0.15, 0.2) is 36.5 Å². The van der Waals surface area contributed by atoms with Crippen molar-refractivity contribution in [3.63, 3.8) is 0 Å². The van der Waals surface area contributed by atoms with E-state index in [-0.39, 0.29) is 6.42 Å². The summed E-state index contributed by atoms with van der Waals surface area (Å²) in [7, 11) is 0. The van der Waals surface area contributed by atoms with Crippen LogP contribution >= 0.6 is 0 Å². The summed E-state index contributed by atoms with van der Waals surface area (Å²) < 4.78 is 0. The number of benzene rings is 1. The van der Waals surface area contributed by atoms with Crippen LogP contribution in [0.2, 0.25) is 0 Å². The normalized spacial score (nSPS) is 10.6. The molecule has 0 spiro atoms. The number of carboxylic acids is 1. The predicted molar refractivity (Wildman–Crippen MR) is 54.8 cm³/mol. The topological polar surface area (TPSA) is 63.3 Å². The van der Waals surface area contributed by atoms with E-state index in [0.717, 1.165) is 17.5 Å². The molecule has 0 aromatic heterocycles. The first-order valence-corrected chi connectivity index (χ1v) is 4.38. The van der Waals surface area contributed by atoms with Crippen molar-refractivity contribution in [1.82, 2.24) is 0 Å². The van der Waals surface area contributed by atoms with Gasteiger partial charge in [0.2, 0.25) is 0 Å². The molecule has 0 aliphatic rings. The van der Waals surface area contributed by atoms with Gasteiger partial charge in [0.1, 0.15) is 0 Å². The summed E-state index contributed by atoms with van der Waals surface area (Å²) in [4.78, 5) is 10.4. The summed E-state index contributed by atoms with van der Waals surface area (Å²) >= 11 is 0. The Morgan fingerprint density at radius 1 is 1.29 bits per heavy atom. The Morgan fingerprint density at radius 3 is 2.36 bits per heavy atom. The molecule has 14 heavy (non-hydrogen) atoms. The van der Waals surface area contributed by atoms with Gasteiger partial charge in [-0.05, 0) is 23.7 Å². The summed E-state index contributed by atoms with van der Waals surface area (Å²) in [5, 5.41) is 8.55. The number of carboxylic acid groups (broad SMARTS) is 1. The van der Waals surface area contributed by atoms with Crippen LogP contribution in [0.3, 0.4) is 0 Å². The summed E-state index contributed by atoms with van der Waals surface area (Å²) in [6.07, 6.45) is 4.22. The van der Waals surface area contributed by atoms with Crippen molar-refractivity contribution >= 4 is 5.97 Å². The Bertz CT molecular complexity index is 328. The molecule has 0 radical (unpaired) electrons. The van der Waals surface area contributed by atoms with Gasteiger partial charge in [-0.25, -0.2) is 0 Å². The van der Waals surface area contributed by atoms with E-state index in [0.29, 0.717) is 0 Å². The fourth-order valence-corrected chi connectivity index (χ4v) is 1.17. The quantitative estimate of drug-likeness (QED) is 0.754. The third-order valence-electron chi connectivity index (χ3n) is 1.87. The van der Waals surface area contributed by atoms with Gasteiger partial charge in [0, 0.05) is 0 Å². The smallest absolute Gasteiger partial charge is 0.307 e. The molecule has 1 aromatic carbocycles. The van der Waals surface area contributed by atoms with Gasteiger partial charge >= 0.3 is 5.97 Å². The van der Waals surface area contributed by atoms with Crippen LogP contribution in [-0.4, -0.2) is 11.1 Å². The number of hydrogen-bond donors (Lipinski definition) is 2. The van der Waals surface area contributed by atoms with Gasteiger partial charge in [0.25, 0.3) is 0 Å². The maximum atomic E-state index is 10.4. The van der Waals surface area contributed by atoms with Crippen molar-refractivity contribution in [3.8, 4) is 0 Å². The Morgan fingerprint density at radius 2 is 1.86 bits per heavy atom. The van der Waals surface area contributed by atoms with E-state index in [2.05, 4.69) is 0 Å². The van der Waals surface area contributed by atoms with Crippen LogP contribution in [0.4, 0.5) is 0 Å². The molecule has 0 saturated heterocycles. The van der Waals surface area contributed by atoms with Crippen LogP contribution in [0.5, 0.6) is 0 Å². The second-order valence-electron chi connectivity index (χ2n) is 3.02. The van der Waals surface area contributed by atoms with Crippen LogP contribution in [0, 0.1) is 0 Å². The molecular formula is C11H13NO2. The molecule has 0 aliphatic heterocycles. The second-order valence-corrected chi connectivity index (χ2v) is 3.02. The molecule has 0 atom stereocenters. The third kappa shape index (κ3) is 3.31. The first-order chi connectivity index (χ1) is 6.72. The van der Waals surface area contributed by atoms with Crippen molar-refractivity contribution in [2.75, 3.05) is 0 Å². The van der Waals surface area contributed by atoms with Gasteiger partial charge in [0.15, 0.2) is 0 Å². The van der Waals surface area contributed by atoms with E-state index in [1.807, 2.05) is 30.3 Å². The standard InChI is InChI=1S/C11H13NO2/c12-7-1-2-9-3-5-10(6-4-9)8-11(13)14/h1,3-7H,2,8,12H2,(H,13,14). The van der Waals surface area contributed by atoms with Crippen molar-refractivity contribution in [2.24, 2.45) is 5.73 Å². The second kappa shape index (κ2) is 5.07. The minimum Gasteiger partial charge on any atom is -0.481 e. The molecule has 0 saturated carbocycles. The molecule has 3 heteroatoms. The van der Waals surface area contributed by atoms with Crippen LogP contribution in [0.1, 0.15) is 11.1 Å². The fourth-order valence-electron chi connectivity index (χ4n) is 1.17. The Labute approximate surface area is 82.9 Å². The number of allylic oxidation sites excluding steroid dienone is 1. The summed E-state index contributed by atoms with van der Waals surface area (Å²) in [5.74, 6) is -0.806. The number of nitrogens with two attached hydrogens (primary N) is 1. The molecule has 1 aromatic rings. The number of aliphatic carboxylic acids is 1. The fraction of sp³-hybridized carbons (Fsp3) is 0.182. The molecule has 0 aliphatic carbocycles. The lowest BCUT2D eigenvalue weighted by molar-refractivity contribution is -0.136. The maximum absolute atomic E-state index is 10.4. The van der Waals surface area contributed by atoms with E-state index >= 15 is 0 Å². The number of carbonyl (C=O) groups is 1. The highest BCUT2D eigenvalue weighted by atomic mass is 16.4. The minimum atomic E-state index is -0.806. The molecule has 3 N–H and O–H groups in total. The zero-order chi connectivity index (χ0) is 10.4. The number of rotatable bonds is 4. The summed E-state index contributed by atoms with van der Waals surface area (Å²) in [6, 6.07) is 7.48. The average molecular weight is 191 g/mol. The third-order valence-corrected chi connectivity index (χ3v) is 1.87. The molecule has 0 heterocycles. The van der Waals surface area contributed by atoms with E-state index in [9.17, 15) is 4.79 Å². The van der Waals surface area contributed by atoms with E-state index in [4.69, 9.17) is 10.8 Å². The van der Waals surface area contributed by atoms with E-state index < -0.39 is 5.97 Å². The van der Waals surface area contributed by atoms with Crippen molar-refractivity contribution in [2.45, 2.75) is 12.8 Å². The highest BCUT2D eigenvalue weighted by Crippen LogP contribution is 2.06. The molecular weight excluding hydrogens is 178 g/mol. The van der Waals surface area contributed by atoms with Gasteiger partial charge < -0.3 is 10.8 Å². The lowest BCUT2D eigenvalue weighted by Crippen LogP contribution is -1.99. The maximum Gasteiger partial charge on any atom is 0.307 e. The summed E-state index contributed by atoms with van der Waals surface area (Å²) in [6.45, 7) is 0. The average Bonchev–Trinajstić information content (AvgIpc) is 2.16. The van der Waals surface area contributed by atoms with Gasteiger partial charge in [0.05, 0.1) is 6.42 Å². The lowest BCUT2D eigenvalue weighted by atomic mass is 10.1. The van der Waals surface area contributed by atoms with Gasteiger partial charge in [-0.1, -0.05) is 30.3 Å². The minimum absolute atomic E-state index is 0.0764. The van der Waals surface area contributed by atoms with Crippen molar-refractivity contribution in [1.29, 1.82) is 0 Å². The molecule has 0 amide bonds. The SMILES string of the molecule is NC=CCc1ccc(CC(=O)O)cc1. The van der Waals surface area contributed by atoms with Crippen LogP contribution in [-0.2, 0) is 17.6 Å². The lowest BCUT2D eigenvalue weighted by Gasteiger charge is -1.99. The molecule has 0 unspecified atom stereocenters. The molecule has 74 valence electrons. The highest BCUT2D eigenvalue weighted by molar-refractivity contribution is 5.70. The monoisotopic (exact) mass is 191 g/mol. The van der Waals surface area contributed by atoms with Gasteiger partial charge in [-0.2, -0.15) is 0 Å². The van der Waals surface area contributed by atoms with Crippen molar-refractivity contribution < 1.29 is 9.90 Å². The van der Waals surface area contributed by atoms with Gasteiger partial charge in [-0.15, -0.1) is 0 Å². The number of hydrogen-bond acceptors (Lipinski definition) is 2. The molecule has 3 nitrogen and oxygen atoms in total. The van der Waals surface area contributed by atoms with E-state index in [1.54, 1.807) is 0 Å². The van der Waals surface area contributed by atoms with Gasteiger partial charge in [-0.3, -0.25) is 4.79 Å². The Balaban J connectivity index is 2.63. The highest BCUT2D eigenvalue weighted by Gasteiger charge is 1.99. The molecule has 0 fully saturated rings. The Hall–Kier alpha value is -1.77. The van der Waals surface area contributed by atoms with Crippen molar-refractivity contribution in [3.05, 3.63) is 47.7 Å². The van der Waals surface area contributed by atoms with Crippen LogP contribution in [0.25, 0.3) is 0 Å². The van der Waals surface area contributed by atoms with E-state index in [1.165, 1.54) is 6.20 Å². The zero-order valence-electron chi connectivity index (χ0n) is 7.81. The first kappa shape index (κ1) is 10.3. The van der Waals surface area contributed by atoms with Crippen LogP contribution < -0.4 is 5.73 Å². The zero-order valence-corrected chi connectivity index (χ0v) is 7.81. The first-order valence-electron chi connectivity index (χ1n) is 4.38.